The molecule has 1 atom stereocenters. The molecular formula is C22H31N3O2. The van der Waals surface area contributed by atoms with Crippen LogP contribution in [0.25, 0.3) is 11.3 Å². The van der Waals surface area contributed by atoms with E-state index in [-0.39, 0.29) is 11.9 Å². The summed E-state index contributed by atoms with van der Waals surface area (Å²) >= 11 is 0. The maximum absolute atomic E-state index is 11.5. The maximum Gasteiger partial charge on any atom is 0.224 e. The van der Waals surface area contributed by atoms with Crippen molar-refractivity contribution in [2.45, 2.75) is 76.4 Å². The van der Waals surface area contributed by atoms with Crippen LogP contribution in [0.2, 0.25) is 0 Å². The van der Waals surface area contributed by atoms with Crippen LogP contribution in [0, 0.1) is 0 Å². The molecule has 0 amide bonds. The number of hydrogen-bond donors (Lipinski definition) is 1. The number of ketones is 1. The Morgan fingerprint density at radius 3 is 2.74 bits per heavy atom. The number of nitrogens with one attached hydrogen (secondary N) is 1. The van der Waals surface area contributed by atoms with E-state index in [4.69, 9.17) is 4.74 Å². The van der Waals surface area contributed by atoms with Gasteiger partial charge in [0.05, 0.1) is 17.6 Å². The lowest BCUT2D eigenvalue weighted by Crippen LogP contribution is -2.35. The van der Waals surface area contributed by atoms with E-state index in [0.29, 0.717) is 18.4 Å². The average molecular weight is 370 g/mol. The van der Waals surface area contributed by atoms with Crippen molar-refractivity contribution in [2.24, 2.45) is 0 Å². The van der Waals surface area contributed by atoms with Crippen molar-refractivity contribution in [3.8, 4) is 17.1 Å². The molecule has 1 N–H and O–H groups in total. The highest BCUT2D eigenvalue weighted by atomic mass is 16.5. The van der Waals surface area contributed by atoms with Crippen molar-refractivity contribution >= 4 is 5.78 Å². The monoisotopic (exact) mass is 369 g/mol. The first kappa shape index (κ1) is 18.5. The van der Waals surface area contributed by atoms with Crippen molar-refractivity contribution < 1.29 is 9.53 Å². The number of aromatic amines is 1. The number of hydrogen-bond acceptors (Lipinski definition) is 4. The first-order valence-corrected chi connectivity index (χ1v) is 10.3. The van der Waals surface area contributed by atoms with Gasteiger partial charge in [0.1, 0.15) is 11.9 Å². The summed E-state index contributed by atoms with van der Waals surface area (Å²) in [5.41, 5.74) is 5.07. The van der Waals surface area contributed by atoms with Crippen molar-refractivity contribution in [2.75, 3.05) is 14.1 Å². The number of rotatable bonds is 6. The van der Waals surface area contributed by atoms with Gasteiger partial charge in [0, 0.05) is 12.5 Å². The molecule has 0 aromatic carbocycles. The fraction of sp³-hybridized carbons (Fsp3) is 0.636. The fourth-order valence-electron chi connectivity index (χ4n) is 4.94. The molecule has 0 aromatic heterocycles. The summed E-state index contributed by atoms with van der Waals surface area (Å²) in [5.74, 6) is 1.51. The molecular weight excluding hydrogens is 338 g/mol. The first-order chi connectivity index (χ1) is 13.0. The molecule has 1 fully saturated rings. The van der Waals surface area contributed by atoms with Crippen LogP contribution in [0.15, 0.2) is 12.4 Å². The molecule has 4 rings (SSSR count). The molecule has 0 aromatic rings. The molecule has 5 heteroatoms. The Morgan fingerprint density at radius 1 is 1.26 bits per heavy atom. The van der Waals surface area contributed by atoms with E-state index in [1.165, 1.54) is 24.0 Å². The zero-order chi connectivity index (χ0) is 19.0. The number of H-pyrrole nitrogens is 1. The van der Waals surface area contributed by atoms with E-state index < -0.39 is 0 Å². The predicted octanol–water partition coefficient (Wildman–Crippen LogP) is 4.17. The third-order valence-corrected chi connectivity index (χ3v) is 6.49. The number of Topliss-reactive ketones (excluding diaryl/α,β-unsaturated/α-hetero) is 1. The van der Waals surface area contributed by atoms with Crippen molar-refractivity contribution in [3.05, 3.63) is 23.5 Å². The minimum atomic E-state index is 0.252. The van der Waals surface area contributed by atoms with Crippen LogP contribution in [-0.4, -0.2) is 46.9 Å². The maximum atomic E-state index is 11.5. The molecule has 1 saturated carbocycles. The second kappa shape index (κ2) is 7.63. The van der Waals surface area contributed by atoms with Crippen molar-refractivity contribution in [3.63, 3.8) is 0 Å². The smallest absolute Gasteiger partial charge is 0.224 e. The SMILES string of the molecule is CC(=O)CC[C@H]1CCc2cc3[nH]cnc(OC4CCC(N(C)C)CC4)c-3c21. The molecule has 4 aliphatic rings. The summed E-state index contributed by atoms with van der Waals surface area (Å²) in [6.07, 6.45) is 10.4. The Bertz CT molecular complexity index is 774. The van der Waals surface area contributed by atoms with Crippen molar-refractivity contribution in [1.82, 2.24) is 14.9 Å². The van der Waals surface area contributed by atoms with E-state index in [0.717, 1.165) is 49.2 Å². The third kappa shape index (κ3) is 3.75. The molecule has 0 bridgehead atoms. The van der Waals surface area contributed by atoms with Crippen LogP contribution in [0.1, 0.15) is 68.9 Å². The quantitative estimate of drug-likeness (QED) is 0.830. The fourth-order valence-corrected chi connectivity index (χ4v) is 4.94. The van der Waals surface area contributed by atoms with Gasteiger partial charge in [0.2, 0.25) is 5.88 Å². The lowest BCUT2D eigenvalue weighted by Gasteiger charge is -2.32. The Labute approximate surface area is 161 Å². The molecule has 1 heterocycles. The number of fused-ring (bicyclic) bond motifs is 3. The van der Waals surface area contributed by atoms with Gasteiger partial charge < -0.3 is 19.4 Å². The van der Waals surface area contributed by atoms with Crippen LogP contribution < -0.4 is 4.74 Å². The molecule has 27 heavy (non-hydrogen) atoms. The van der Waals surface area contributed by atoms with Crippen LogP contribution in [0.5, 0.6) is 5.88 Å². The number of carbonyl (C=O) groups is 1. The zero-order valence-electron chi connectivity index (χ0n) is 16.8. The number of carbonyl (C=O) groups excluding carboxylic acids is 1. The van der Waals surface area contributed by atoms with Gasteiger partial charge >= 0.3 is 0 Å². The highest BCUT2D eigenvalue weighted by Crippen LogP contribution is 2.48. The minimum Gasteiger partial charge on any atom is -0.474 e. The molecule has 3 aliphatic carbocycles. The lowest BCUT2D eigenvalue weighted by atomic mass is 9.92. The summed E-state index contributed by atoms with van der Waals surface area (Å²) < 4.78 is 6.44. The first-order valence-electron chi connectivity index (χ1n) is 10.3. The van der Waals surface area contributed by atoms with Gasteiger partial charge in [-0.05, 0) is 89.1 Å². The molecule has 0 unspecified atom stereocenters. The van der Waals surface area contributed by atoms with E-state index in [1.54, 1.807) is 13.3 Å². The highest BCUT2D eigenvalue weighted by molar-refractivity contribution is 5.78. The van der Waals surface area contributed by atoms with Crippen LogP contribution >= 0.6 is 0 Å². The molecule has 0 spiro atoms. The molecule has 5 nitrogen and oxygen atoms in total. The Kier molecular flexibility index (Phi) is 5.22. The minimum absolute atomic E-state index is 0.252. The molecule has 0 saturated heterocycles. The van der Waals surface area contributed by atoms with Crippen LogP contribution in [0.3, 0.4) is 0 Å². The molecule has 1 aliphatic heterocycles. The molecule has 146 valence electrons. The largest absolute Gasteiger partial charge is 0.474 e. The second-order valence-electron chi connectivity index (χ2n) is 8.57. The molecule has 0 radical (unpaired) electrons. The van der Waals surface area contributed by atoms with Gasteiger partial charge in [-0.2, -0.15) is 0 Å². The van der Waals surface area contributed by atoms with Crippen molar-refractivity contribution in [1.29, 1.82) is 0 Å². The van der Waals surface area contributed by atoms with E-state index >= 15 is 0 Å². The topological polar surface area (TPSA) is 58.2 Å². The van der Waals surface area contributed by atoms with Gasteiger partial charge in [-0.3, -0.25) is 0 Å². The van der Waals surface area contributed by atoms with Gasteiger partial charge in [-0.15, -0.1) is 0 Å². The normalized spacial score (nSPS) is 25.1. The number of nitrogens with zero attached hydrogens (tertiary/aromatic N) is 2. The van der Waals surface area contributed by atoms with E-state index in [1.807, 2.05) is 0 Å². The Hall–Kier alpha value is -1.88. The van der Waals surface area contributed by atoms with E-state index in [9.17, 15) is 4.79 Å². The highest BCUT2D eigenvalue weighted by Gasteiger charge is 2.33. The summed E-state index contributed by atoms with van der Waals surface area (Å²) in [7, 11) is 4.33. The second-order valence-corrected chi connectivity index (χ2v) is 8.57. The van der Waals surface area contributed by atoms with Crippen LogP contribution in [-0.2, 0) is 11.2 Å². The van der Waals surface area contributed by atoms with Gasteiger partial charge in [-0.1, -0.05) is 0 Å². The predicted molar refractivity (Wildman–Crippen MR) is 107 cm³/mol. The van der Waals surface area contributed by atoms with Gasteiger partial charge in [0.25, 0.3) is 0 Å². The average Bonchev–Trinajstić information content (AvgIpc) is 3.20. The number of aryl methyl sites for hydroxylation is 1. The lowest BCUT2D eigenvalue weighted by molar-refractivity contribution is -0.117. The summed E-state index contributed by atoms with van der Waals surface area (Å²) in [4.78, 5) is 21.7. The Balaban J connectivity index is 1.55. The number of aromatic nitrogens is 2. The summed E-state index contributed by atoms with van der Waals surface area (Å²) in [6.45, 7) is 1.69. The third-order valence-electron chi connectivity index (χ3n) is 6.49. The number of ether oxygens (including phenoxy) is 1. The Morgan fingerprint density at radius 2 is 2.04 bits per heavy atom. The standard InChI is InChI=1S/C22H31N3O2/c1-14(26)4-5-15-6-7-16-12-19-21(20(15)16)22(24-13-23-19)27-18-10-8-17(9-11-18)25(2)3/h12-13,15,17-18H,4-11H2,1-3H3,(H,23,24)/t15-,17?,18?/m0/s1. The zero-order valence-corrected chi connectivity index (χ0v) is 16.8. The van der Waals surface area contributed by atoms with Crippen LogP contribution in [0.4, 0.5) is 0 Å². The summed E-state index contributed by atoms with van der Waals surface area (Å²) in [5, 5.41) is 0. The van der Waals surface area contributed by atoms with Gasteiger partial charge in [0.15, 0.2) is 0 Å². The van der Waals surface area contributed by atoms with Gasteiger partial charge in [-0.25, -0.2) is 4.98 Å². The van der Waals surface area contributed by atoms with E-state index in [2.05, 4.69) is 35.0 Å². The summed E-state index contributed by atoms with van der Waals surface area (Å²) in [6, 6.07) is 2.93.